The van der Waals surface area contributed by atoms with Crippen LogP contribution in [0.5, 0.6) is 0 Å². The first-order valence-electron chi connectivity index (χ1n) is 6.05. The van der Waals surface area contributed by atoms with Crippen LogP contribution in [0.25, 0.3) is 11.5 Å². The number of hydrogen-bond acceptors (Lipinski definition) is 4. The second-order valence-electron chi connectivity index (χ2n) is 4.95. The highest BCUT2D eigenvalue weighted by Crippen LogP contribution is 2.18. The van der Waals surface area contributed by atoms with E-state index in [0.717, 1.165) is 5.56 Å². The first kappa shape index (κ1) is 16.2. The largest absolute Gasteiger partial charge is 0.444 e. The molecule has 1 aromatic heterocycles. The van der Waals surface area contributed by atoms with Crippen molar-refractivity contribution < 1.29 is 9.21 Å². The summed E-state index contributed by atoms with van der Waals surface area (Å²) in [5.41, 5.74) is 6.18. The van der Waals surface area contributed by atoms with Crippen molar-refractivity contribution in [1.29, 1.82) is 0 Å². The van der Waals surface area contributed by atoms with Crippen LogP contribution in [-0.2, 0) is 0 Å². The summed E-state index contributed by atoms with van der Waals surface area (Å²) in [6.45, 7) is 4.05. The van der Waals surface area contributed by atoms with Crippen molar-refractivity contribution in [2.24, 2.45) is 5.73 Å². The molecule has 2 aromatic rings. The van der Waals surface area contributed by atoms with Gasteiger partial charge in [0.2, 0.25) is 5.89 Å². The van der Waals surface area contributed by atoms with Gasteiger partial charge in [-0.1, -0.05) is 18.2 Å². The SMILES string of the molecule is CC(C)(CN)NC(=O)c1coc(-c2ccccc2)n1.Cl. The number of hydrogen-bond donors (Lipinski definition) is 2. The molecule has 0 unspecified atom stereocenters. The van der Waals surface area contributed by atoms with E-state index in [0.29, 0.717) is 12.4 Å². The predicted molar refractivity (Wildman–Crippen MR) is 79.8 cm³/mol. The molecule has 0 atom stereocenters. The van der Waals surface area contributed by atoms with Crippen LogP contribution in [0.2, 0.25) is 0 Å². The molecule has 6 heteroatoms. The molecule has 108 valence electrons. The standard InChI is InChI=1S/C14H17N3O2.ClH/c1-14(2,9-15)17-12(18)11-8-19-13(16-11)10-6-4-3-5-7-10;/h3-8H,9,15H2,1-2H3,(H,17,18);1H. The Bertz CT molecular complexity index is 567. The first-order chi connectivity index (χ1) is 9.02. The Morgan fingerprint density at radius 2 is 2.00 bits per heavy atom. The Morgan fingerprint density at radius 1 is 1.35 bits per heavy atom. The van der Waals surface area contributed by atoms with Crippen LogP contribution in [0, 0.1) is 0 Å². The molecule has 0 aliphatic heterocycles. The maximum atomic E-state index is 12.0. The highest BCUT2D eigenvalue weighted by atomic mass is 35.5. The highest BCUT2D eigenvalue weighted by Gasteiger charge is 2.21. The first-order valence-corrected chi connectivity index (χ1v) is 6.05. The monoisotopic (exact) mass is 295 g/mol. The fraction of sp³-hybridized carbons (Fsp3) is 0.286. The average Bonchev–Trinajstić information content (AvgIpc) is 2.89. The van der Waals surface area contributed by atoms with E-state index in [1.54, 1.807) is 0 Å². The lowest BCUT2D eigenvalue weighted by molar-refractivity contribution is 0.0910. The molecule has 0 radical (unpaired) electrons. The Morgan fingerprint density at radius 3 is 2.60 bits per heavy atom. The van der Waals surface area contributed by atoms with Gasteiger partial charge in [-0.15, -0.1) is 12.4 Å². The highest BCUT2D eigenvalue weighted by molar-refractivity contribution is 5.92. The summed E-state index contributed by atoms with van der Waals surface area (Å²) < 4.78 is 5.32. The number of nitrogens with two attached hydrogens (primary N) is 1. The zero-order valence-corrected chi connectivity index (χ0v) is 12.2. The van der Waals surface area contributed by atoms with Gasteiger partial charge in [-0.3, -0.25) is 4.79 Å². The van der Waals surface area contributed by atoms with Crippen molar-refractivity contribution in [1.82, 2.24) is 10.3 Å². The number of oxazole rings is 1. The molecule has 0 fully saturated rings. The molecule has 2 rings (SSSR count). The number of nitrogens with zero attached hydrogens (tertiary/aromatic N) is 1. The summed E-state index contributed by atoms with van der Waals surface area (Å²) in [6.07, 6.45) is 1.35. The second-order valence-corrected chi connectivity index (χ2v) is 4.95. The van der Waals surface area contributed by atoms with Gasteiger partial charge in [-0.25, -0.2) is 4.98 Å². The molecule has 1 aromatic carbocycles. The summed E-state index contributed by atoms with van der Waals surface area (Å²) in [5, 5.41) is 2.80. The van der Waals surface area contributed by atoms with Gasteiger partial charge in [0.15, 0.2) is 5.69 Å². The molecule has 1 heterocycles. The van der Waals surface area contributed by atoms with E-state index < -0.39 is 5.54 Å². The number of benzene rings is 1. The zero-order chi connectivity index (χ0) is 13.9. The number of rotatable bonds is 4. The van der Waals surface area contributed by atoms with Crippen molar-refractivity contribution in [3.8, 4) is 11.5 Å². The van der Waals surface area contributed by atoms with Crippen LogP contribution < -0.4 is 11.1 Å². The number of carbonyl (C=O) groups is 1. The summed E-state index contributed by atoms with van der Waals surface area (Å²) in [6, 6.07) is 9.42. The van der Waals surface area contributed by atoms with Gasteiger partial charge in [-0.2, -0.15) is 0 Å². The Labute approximate surface area is 124 Å². The van der Waals surface area contributed by atoms with Crippen LogP contribution in [0.15, 0.2) is 41.0 Å². The number of nitrogens with one attached hydrogen (secondary N) is 1. The number of carbonyl (C=O) groups excluding carboxylic acids is 1. The summed E-state index contributed by atoms with van der Waals surface area (Å²) >= 11 is 0. The zero-order valence-electron chi connectivity index (χ0n) is 11.4. The molecular weight excluding hydrogens is 278 g/mol. The second kappa shape index (κ2) is 6.54. The smallest absolute Gasteiger partial charge is 0.273 e. The third-order valence-electron chi connectivity index (χ3n) is 2.72. The van der Waals surface area contributed by atoms with E-state index >= 15 is 0 Å². The minimum atomic E-state index is -0.469. The number of halogens is 1. The lowest BCUT2D eigenvalue weighted by Gasteiger charge is -2.23. The van der Waals surface area contributed by atoms with Crippen molar-refractivity contribution in [2.45, 2.75) is 19.4 Å². The molecule has 0 saturated heterocycles. The quantitative estimate of drug-likeness (QED) is 0.906. The molecule has 0 aliphatic rings. The van der Waals surface area contributed by atoms with E-state index in [2.05, 4.69) is 10.3 Å². The molecule has 20 heavy (non-hydrogen) atoms. The minimum absolute atomic E-state index is 0. The third-order valence-corrected chi connectivity index (χ3v) is 2.72. The van der Waals surface area contributed by atoms with Gasteiger partial charge in [0.1, 0.15) is 6.26 Å². The summed E-state index contributed by atoms with van der Waals surface area (Å²) in [7, 11) is 0. The van der Waals surface area contributed by atoms with Crippen LogP contribution in [0.1, 0.15) is 24.3 Å². The van der Waals surface area contributed by atoms with Gasteiger partial charge in [0.05, 0.1) is 0 Å². The number of aromatic nitrogens is 1. The summed E-state index contributed by atoms with van der Waals surface area (Å²) in [5.74, 6) is 0.137. The molecule has 0 aliphatic carbocycles. The molecule has 0 bridgehead atoms. The van der Waals surface area contributed by atoms with Crippen molar-refractivity contribution >= 4 is 18.3 Å². The van der Waals surface area contributed by atoms with Gasteiger partial charge in [0, 0.05) is 17.6 Å². The van der Waals surface area contributed by atoms with Gasteiger partial charge < -0.3 is 15.5 Å². The van der Waals surface area contributed by atoms with Gasteiger partial charge >= 0.3 is 0 Å². The Hall–Kier alpha value is -1.85. The Balaban J connectivity index is 0.00000200. The van der Waals surface area contributed by atoms with Crippen molar-refractivity contribution in [3.63, 3.8) is 0 Å². The maximum Gasteiger partial charge on any atom is 0.273 e. The topological polar surface area (TPSA) is 81.1 Å². The van der Waals surface area contributed by atoms with Crippen LogP contribution >= 0.6 is 12.4 Å². The van der Waals surface area contributed by atoms with E-state index in [4.69, 9.17) is 10.2 Å². The molecule has 5 nitrogen and oxygen atoms in total. The minimum Gasteiger partial charge on any atom is -0.444 e. The number of amides is 1. The van der Waals surface area contributed by atoms with Crippen LogP contribution in [0.3, 0.4) is 0 Å². The van der Waals surface area contributed by atoms with Crippen molar-refractivity contribution in [2.75, 3.05) is 6.54 Å². The van der Waals surface area contributed by atoms with Gasteiger partial charge in [-0.05, 0) is 26.0 Å². The van der Waals surface area contributed by atoms with E-state index in [9.17, 15) is 4.79 Å². The maximum absolute atomic E-state index is 12.0. The molecule has 1 amide bonds. The van der Waals surface area contributed by atoms with Gasteiger partial charge in [0.25, 0.3) is 5.91 Å². The summed E-state index contributed by atoms with van der Waals surface area (Å²) in [4.78, 5) is 16.2. The molecule has 0 saturated carbocycles. The van der Waals surface area contributed by atoms with E-state index in [-0.39, 0.29) is 24.0 Å². The third kappa shape index (κ3) is 3.82. The van der Waals surface area contributed by atoms with E-state index in [1.165, 1.54) is 6.26 Å². The predicted octanol–water partition coefficient (Wildman–Crippen LogP) is 2.23. The van der Waals surface area contributed by atoms with Crippen molar-refractivity contribution in [3.05, 3.63) is 42.3 Å². The fourth-order valence-corrected chi connectivity index (χ4v) is 1.51. The molecular formula is C14H18ClN3O2. The lowest BCUT2D eigenvalue weighted by atomic mass is 10.1. The average molecular weight is 296 g/mol. The molecule has 0 spiro atoms. The normalized spacial score (nSPS) is 10.8. The fourth-order valence-electron chi connectivity index (χ4n) is 1.51. The van der Waals surface area contributed by atoms with E-state index in [1.807, 2.05) is 44.2 Å². The van der Waals surface area contributed by atoms with Crippen LogP contribution in [0.4, 0.5) is 0 Å². The van der Waals surface area contributed by atoms with Crippen LogP contribution in [-0.4, -0.2) is 23.0 Å². The lowest BCUT2D eigenvalue weighted by Crippen LogP contribution is -2.48. The molecule has 3 N–H and O–H groups in total. The Kier molecular flexibility index (Phi) is 5.30.